The number of hydrogen-bond acceptors (Lipinski definition) is 8. The van der Waals surface area contributed by atoms with Crippen LogP contribution in [0.25, 0.3) is 0 Å². The van der Waals surface area contributed by atoms with Crippen LogP contribution in [0.15, 0.2) is 41.9 Å². The maximum absolute atomic E-state index is 15.5. The molecule has 2 aliphatic rings. The number of rotatable bonds is 9. The summed E-state index contributed by atoms with van der Waals surface area (Å²) < 4.78 is 15.5. The predicted octanol–water partition coefficient (Wildman–Crippen LogP) is 5.55. The molecule has 0 spiro atoms. The number of amides is 2. The number of alkyl halides is 1. The van der Waals surface area contributed by atoms with Crippen LogP contribution in [0.1, 0.15) is 58.3 Å². The van der Waals surface area contributed by atoms with E-state index < -0.39 is 6.17 Å². The Bertz CT molecular complexity index is 1270. The highest BCUT2D eigenvalue weighted by atomic mass is 32.1. The number of urea groups is 1. The van der Waals surface area contributed by atoms with Crippen molar-refractivity contribution in [1.29, 1.82) is 0 Å². The van der Waals surface area contributed by atoms with Gasteiger partial charge in [-0.3, -0.25) is 15.0 Å². The highest BCUT2D eigenvalue weighted by Crippen LogP contribution is 2.34. The Kier molecular flexibility index (Phi) is 9.56. The molecule has 2 saturated heterocycles. The summed E-state index contributed by atoms with van der Waals surface area (Å²) in [6, 6.07) is 9.14. The minimum absolute atomic E-state index is 0.0310. The molecule has 0 saturated carbocycles. The van der Waals surface area contributed by atoms with Crippen LogP contribution in [-0.2, 0) is 6.54 Å². The van der Waals surface area contributed by atoms with Crippen LogP contribution in [-0.4, -0.2) is 70.3 Å². The number of nitrogens with zero attached hydrogens (tertiary/aromatic N) is 4. The zero-order chi connectivity index (χ0) is 28.1. The van der Waals surface area contributed by atoms with Gasteiger partial charge in [-0.25, -0.2) is 19.2 Å². The van der Waals surface area contributed by atoms with Gasteiger partial charge in [-0.1, -0.05) is 41.7 Å². The maximum atomic E-state index is 15.5. The molecular formula is C29H37FN6O2S2. The Balaban J connectivity index is 1.24. The van der Waals surface area contributed by atoms with E-state index in [1.807, 2.05) is 41.9 Å². The predicted molar refractivity (Wildman–Crippen MR) is 158 cm³/mol. The lowest BCUT2D eigenvalue weighted by molar-refractivity contribution is 0.0624. The number of piperidine rings is 2. The average Bonchev–Trinajstić information content (AvgIpc) is 3.59. The van der Waals surface area contributed by atoms with Crippen molar-refractivity contribution in [3.8, 4) is 0 Å². The van der Waals surface area contributed by atoms with Crippen molar-refractivity contribution in [2.24, 2.45) is 11.8 Å². The van der Waals surface area contributed by atoms with Gasteiger partial charge in [0.25, 0.3) is 0 Å². The Morgan fingerprint density at radius 1 is 1.15 bits per heavy atom. The van der Waals surface area contributed by atoms with Crippen LogP contribution in [0.2, 0.25) is 0 Å². The molecule has 1 aromatic carbocycles. The van der Waals surface area contributed by atoms with E-state index in [2.05, 4.69) is 30.4 Å². The van der Waals surface area contributed by atoms with E-state index in [0.717, 1.165) is 62.6 Å². The number of ketones is 1. The first kappa shape index (κ1) is 28.8. The minimum atomic E-state index is -0.974. The lowest BCUT2D eigenvalue weighted by Gasteiger charge is -2.42. The van der Waals surface area contributed by atoms with Crippen molar-refractivity contribution < 1.29 is 14.0 Å². The van der Waals surface area contributed by atoms with Gasteiger partial charge in [0.15, 0.2) is 10.9 Å². The average molecular weight is 585 g/mol. The SMILES string of the molecule is CC(=O)c1sc(NC(=O)N[C@@H]2CCN(Cc3nccs3)C[C@H]2CN2CCCC([C@H](F)c3ccccc3)C2)nc1C. The number of thiazole rings is 2. The third-order valence-electron chi connectivity index (χ3n) is 7.88. The van der Waals surface area contributed by atoms with E-state index >= 15 is 4.39 Å². The molecule has 0 radical (unpaired) electrons. The highest BCUT2D eigenvalue weighted by molar-refractivity contribution is 7.17. The number of halogens is 1. The Morgan fingerprint density at radius 2 is 1.98 bits per heavy atom. The van der Waals surface area contributed by atoms with Crippen LogP contribution in [0.3, 0.4) is 0 Å². The monoisotopic (exact) mass is 584 g/mol. The Hall–Kier alpha value is -2.73. The Morgan fingerprint density at radius 3 is 2.70 bits per heavy atom. The quantitative estimate of drug-likeness (QED) is 0.321. The first-order valence-electron chi connectivity index (χ1n) is 13.9. The van der Waals surface area contributed by atoms with E-state index in [0.29, 0.717) is 22.2 Å². The minimum Gasteiger partial charge on any atom is -0.335 e. The molecule has 2 amide bonds. The first-order valence-corrected chi connectivity index (χ1v) is 15.6. The number of benzene rings is 1. The lowest BCUT2D eigenvalue weighted by atomic mass is 9.87. The Labute approximate surface area is 243 Å². The zero-order valence-corrected chi connectivity index (χ0v) is 24.6. The maximum Gasteiger partial charge on any atom is 0.321 e. The highest BCUT2D eigenvalue weighted by Gasteiger charge is 2.35. The second-order valence-corrected chi connectivity index (χ2v) is 12.9. The number of anilines is 1. The van der Waals surface area contributed by atoms with Gasteiger partial charge in [-0.05, 0) is 38.3 Å². The number of likely N-dealkylation sites (tertiary alicyclic amines) is 2. The molecule has 2 aromatic heterocycles. The molecular weight excluding hydrogens is 547 g/mol. The topological polar surface area (TPSA) is 90.5 Å². The van der Waals surface area contributed by atoms with E-state index in [-0.39, 0.29) is 29.7 Å². The van der Waals surface area contributed by atoms with Crippen LogP contribution in [0.5, 0.6) is 0 Å². The van der Waals surface area contributed by atoms with Crippen LogP contribution >= 0.6 is 22.7 Å². The van der Waals surface area contributed by atoms with Gasteiger partial charge in [0.1, 0.15) is 11.2 Å². The van der Waals surface area contributed by atoms with Gasteiger partial charge in [0.05, 0.1) is 17.1 Å². The molecule has 11 heteroatoms. The van der Waals surface area contributed by atoms with Crippen molar-refractivity contribution in [2.75, 3.05) is 38.0 Å². The molecule has 5 rings (SSSR count). The fraction of sp³-hybridized carbons (Fsp3) is 0.517. The molecule has 2 N–H and O–H groups in total. The summed E-state index contributed by atoms with van der Waals surface area (Å²) in [6.45, 7) is 8.20. The summed E-state index contributed by atoms with van der Waals surface area (Å²) in [4.78, 5) is 39.0. The van der Waals surface area contributed by atoms with Crippen molar-refractivity contribution in [1.82, 2.24) is 25.1 Å². The number of Topliss-reactive ketones (excluding diaryl/α,β-unsaturated/α-hetero) is 1. The number of hydrogen-bond donors (Lipinski definition) is 2. The van der Waals surface area contributed by atoms with E-state index in [1.165, 1.54) is 18.3 Å². The smallest absolute Gasteiger partial charge is 0.321 e. The largest absolute Gasteiger partial charge is 0.335 e. The van der Waals surface area contributed by atoms with Crippen molar-refractivity contribution in [2.45, 2.75) is 51.9 Å². The van der Waals surface area contributed by atoms with Gasteiger partial charge in [-0.15, -0.1) is 11.3 Å². The first-order chi connectivity index (χ1) is 19.4. The van der Waals surface area contributed by atoms with Crippen molar-refractivity contribution >= 4 is 39.6 Å². The fourth-order valence-electron chi connectivity index (χ4n) is 5.96. The second-order valence-electron chi connectivity index (χ2n) is 10.9. The molecule has 2 aliphatic heterocycles. The number of carbonyl (C=O) groups excluding carboxylic acids is 2. The molecule has 2 fully saturated rings. The summed E-state index contributed by atoms with van der Waals surface area (Å²) in [5.41, 5.74) is 1.38. The standard InChI is InChI=1S/C29H37FN6O2S2/c1-19-27(20(2)37)40-29(32-19)34-28(38)33-24-10-13-36(18-25-31-11-14-39-25)17-23(24)16-35-12-6-9-22(15-35)26(30)21-7-4-3-5-8-21/h3-5,7-8,11,14,22-24,26H,6,9-10,12-13,15-18H2,1-2H3,(H2,32,33,34,38)/t22?,23-,24-,26-/m1/s1. The summed E-state index contributed by atoms with van der Waals surface area (Å²) in [7, 11) is 0. The molecule has 0 aliphatic carbocycles. The number of aromatic nitrogens is 2. The normalized spacial score (nSPS) is 23.0. The number of aryl methyl sites for hydroxylation is 1. The van der Waals surface area contributed by atoms with Crippen LogP contribution in [0, 0.1) is 18.8 Å². The summed E-state index contributed by atoms with van der Waals surface area (Å²) in [5.74, 6) is 0.0852. The van der Waals surface area contributed by atoms with Crippen LogP contribution in [0.4, 0.5) is 14.3 Å². The molecule has 1 unspecified atom stereocenters. The number of carbonyl (C=O) groups is 2. The van der Waals surface area contributed by atoms with Gasteiger partial charge in [-0.2, -0.15) is 0 Å². The van der Waals surface area contributed by atoms with Gasteiger partial charge in [0, 0.05) is 62.6 Å². The van der Waals surface area contributed by atoms with Crippen molar-refractivity contribution in [3.63, 3.8) is 0 Å². The summed E-state index contributed by atoms with van der Waals surface area (Å²) in [6.07, 6.45) is 3.52. The number of nitrogens with one attached hydrogen (secondary N) is 2. The van der Waals surface area contributed by atoms with Gasteiger partial charge < -0.3 is 10.2 Å². The second kappa shape index (κ2) is 13.3. The van der Waals surface area contributed by atoms with Gasteiger partial charge >= 0.3 is 6.03 Å². The lowest BCUT2D eigenvalue weighted by Crippen LogP contribution is -2.55. The van der Waals surface area contributed by atoms with E-state index in [9.17, 15) is 9.59 Å². The summed E-state index contributed by atoms with van der Waals surface area (Å²) in [5, 5.41) is 9.54. The molecule has 214 valence electrons. The summed E-state index contributed by atoms with van der Waals surface area (Å²) >= 11 is 2.86. The molecule has 0 bridgehead atoms. The zero-order valence-electron chi connectivity index (χ0n) is 23.0. The molecule has 8 nitrogen and oxygen atoms in total. The molecule has 4 atom stereocenters. The van der Waals surface area contributed by atoms with Crippen molar-refractivity contribution in [3.05, 3.63) is 63.1 Å². The van der Waals surface area contributed by atoms with Gasteiger partial charge in [0.2, 0.25) is 0 Å². The third-order valence-corrected chi connectivity index (χ3v) is 9.82. The molecule has 3 aromatic rings. The van der Waals surface area contributed by atoms with Crippen LogP contribution < -0.4 is 10.6 Å². The van der Waals surface area contributed by atoms with E-state index in [4.69, 9.17) is 0 Å². The molecule has 40 heavy (non-hydrogen) atoms. The third kappa shape index (κ3) is 7.31. The van der Waals surface area contributed by atoms with E-state index in [1.54, 1.807) is 18.3 Å². The molecule has 4 heterocycles. The fourth-order valence-corrected chi connectivity index (χ4v) is 7.48.